The van der Waals surface area contributed by atoms with Gasteiger partial charge in [0.25, 0.3) is 0 Å². The van der Waals surface area contributed by atoms with Gasteiger partial charge in [0.2, 0.25) is 0 Å². The molecule has 2 amide bonds. The van der Waals surface area contributed by atoms with Gasteiger partial charge in [-0.15, -0.1) is 0 Å². The van der Waals surface area contributed by atoms with Crippen LogP contribution < -0.4 is 5.32 Å². The molecule has 0 radical (unpaired) electrons. The van der Waals surface area contributed by atoms with Gasteiger partial charge in [-0.05, 0) is 37.5 Å². The van der Waals surface area contributed by atoms with Crippen LogP contribution in [0.1, 0.15) is 24.8 Å². The highest BCUT2D eigenvalue weighted by atomic mass is 19.4. The molecular formula is C16H18F4N2O3. The average Bonchev–Trinajstić information content (AvgIpc) is 3.10. The van der Waals surface area contributed by atoms with E-state index in [4.69, 9.17) is 9.47 Å². The molecule has 2 heterocycles. The molecule has 0 aliphatic carbocycles. The third-order valence-electron chi connectivity index (χ3n) is 4.29. The monoisotopic (exact) mass is 362 g/mol. The zero-order valence-electron chi connectivity index (χ0n) is 13.3. The number of hydrogen-bond acceptors (Lipinski definition) is 3. The normalized spacial score (nSPS) is 22.2. The molecule has 5 nitrogen and oxygen atoms in total. The van der Waals surface area contributed by atoms with Crippen molar-refractivity contribution in [1.29, 1.82) is 0 Å². The summed E-state index contributed by atoms with van der Waals surface area (Å²) in [4.78, 5) is 14.0. The second-order valence-corrected chi connectivity index (χ2v) is 5.99. The first-order valence-electron chi connectivity index (χ1n) is 8.04. The van der Waals surface area contributed by atoms with Gasteiger partial charge in [-0.3, -0.25) is 0 Å². The van der Waals surface area contributed by atoms with Gasteiger partial charge in [0, 0.05) is 12.2 Å². The van der Waals surface area contributed by atoms with Crippen LogP contribution in [0.5, 0.6) is 0 Å². The number of rotatable bonds is 2. The number of amides is 2. The number of nitrogens with zero attached hydrogens (tertiary/aromatic N) is 1. The highest BCUT2D eigenvalue weighted by Crippen LogP contribution is 2.33. The van der Waals surface area contributed by atoms with Gasteiger partial charge < -0.3 is 19.7 Å². The molecule has 1 aromatic rings. The fraction of sp³-hybridized carbons (Fsp3) is 0.562. The van der Waals surface area contributed by atoms with Crippen molar-refractivity contribution in [3.8, 4) is 0 Å². The third kappa shape index (κ3) is 4.04. The first-order valence-corrected chi connectivity index (χ1v) is 8.04. The molecule has 1 atom stereocenters. The molecule has 0 saturated carbocycles. The minimum atomic E-state index is -4.83. The highest BCUT2D eigenvalue weighted by Gasteiger charge is 2.37. The summed E-state index contributed by atoms with van der Waals surface area (Å²) in [5.41, 5.74) is -1.53. The summed E-state index contributed by atoms with van der Waals surface area (Å²) in [7, 11) is 0. The van der Waals surface area contributed by atoms with E-state index in [9.17, 15) is 22.4 Å². The lowest BCUT2D eigenvalue weighted by Gasteiger charge is -2.37. The maximum Gasteiger partial charge on any atom is 0.419 e. The Balaban J connectivity index is 1.74. The Kier molecular flexibility index (Phi) is 5.14. The van der Waals surface area contributed by atoms with Crippen molar-refractivity contribution in [2.24, 2.45) is 0 Å². The van der Waals surface area contributed by atoms with E-state index in [-0.39, 0.29) is 11.7 Å². The molecule has 138 valence electrons. The molecule has 3 rings (SSSR count). The summed E-state index contributed by atoms with van der Waals surface area (Å²) in [5, 5.41) is 2.41. The number of anilines is 1. The summed E-state index contributed by atoms with van der Waals surface area (Å²) in [6, 6.07) is 1.54. The lowest BCUT2D eigenvalue weighted by molar-refractivity contribution is -0.139. The maximum absolute atomic E-state index is 13.3. The number of urea groups is 1. The Morgan fingerprint density at radius 2 is 1.92 bits per heavy atom. The van der Waals surface area contributed by atoms with Crippen molar-refractivity contribution < 1.29 is 31.8 Å². The molecule has 1 N–H and O–H groups in total. The molecule has 2 fully saturated rings. The predicted molar refractivity (Wildman–Crippen MR) is 80.5 cm³/mol. The number of carbonyl (C=O) groups is 1. The summed E-state index contributed by atoms with van der Waals surface area (Å²) >= 11 is 0. The van der Waals surface area contributed by atoms with Crippen LogP contribution in [0.25, 0.3) is 0 Å². The minimum absolute atomic E-state index is 0.115. The summed E-state index contributed by atoms with van der Waals surface area (Å²) in [5.74, 6) is -1.38. The molecule has 2 saturated heterocycles. The van der Waals surface area contributed by atoms with Gasteiger partial charge in [0.05, 0.1) is 24.8 Å². The predicted octanol–water partition coefficient (Wildman–Crippen LogP) is 3.60. The first kappa shape index (κ1) is 17.9. The Labute approximate surface area is 141 Å². The molecule has 2 aliphatic rings. The highest BCUT2D eigenvalue weighted by molar-refractivity contribution is 5.89. The van der Waals surface area contributed by atoms with Gasteiger partial charge in [-0.2, -0.15) is 13.2 Å². The van der Waals surface area contributed by atoms with E-state index < -0.39 is 29.9 Å². The van der Waals surface area contributed by atoms with Crippen molar-refractivity contribution in [1.82, 2.24) is 4.90 Å². The molecular weight excluding hydrogens is 344 g/mol. The number of halogens is 4. The van der Waals surface area contributed by atoms with Gasteiger partial charge in [0.15, 0.2) is 6.29 Å². The van der Waals surface area contributed by atoms with E-state index in [1.165, 1.54) is 4.90 Å². The third-order valence-corrected chi connectivity index (χ3v) is 4.29. The molecule has 0 aromatic heterocycles. The van der Waals surface area contributed by atoms with E-state index in [0.29, 0.717) is 38.3 Å². The van der Waals surface area contributed by atoms with Crippen LogP contribution >= 0.6 is 0 Å². The molecule has 25 heavy (non-hydrogen) atoms. The average molecular weight is 362 g/mol. The van der Waals surface area contributed by atoms with Crippen molar-refractivity contribution in [2.75, 3.05) is 25.1 Å². The summed E-state index contributed by atoms with van der Waals surface area (Å²) in [6.45, 7) is 1.35. The lowest BCUT2D eigenvalue weighted by atomic mass is 10.0. The second-order valence-electron chi connectivity index (χ2n) is 5.99. The van der Waals surface area contributed by atoms with Crippen LogP contribution in [0.15, 0.2) is 18.2 Å². The van der Waals surface area contributed by atoms with E-state index in [1.54, 1.807) is 0 Å². The number of piperidine rings is 1. The zero-order valence-corrected chi connectivity index (χ0v) is 13.3. The SMILES string of the molecule is O=C(Nc1ccc(F)c(C(F)(F)F)c1)N1CCCCC1C1OCCO1. The van der Waals surface area contributed by atoms with Gasteiger partial charge in [-0.1, -0.05) is 0 Å². The Morgan fingerprint density at radius 3 is 2.60 bits per heavy atom. The van der Waals surface area contributed by atoms with E-state index >= 15 is 0 Å². The molecule has 1 aromatic carbocycles. The van der Waals surface area contributed by atoms with Crippen LogP contribution in [-0.4, -0.2) is 43.0 Å². The fourth-order valence-electron chi connectivity index (χ4n) is 3.11. The zero-order chi connectivity index (χ0) is 18.0. The Morgan fingerprint density at radius 1 is 1.20 bits per heavy atom. The number of ether oxygens (including phenoxy) is 2. The van der Waals surface area contributed by atoms with Gasteiger partial charge in [-0.25, -0.2) is 9.18 Å². The smallest absolute Gasteiger partial charge is 0.348 e. The maximum atomic E-state index is 13.3. The first-order chi connectivity index (χ1) is 11.9. The van der Waals surface area contributed by atoms with Crippen LogP contribution in [0.4, 0.5) is 28.0 Å². The number of hydrogen-bond donors (Lipinski definition) is 1. The standard InChI is InChI=1S/C16H18F4N2O3/c17-12-5-4-10(9-11(12)16(18,19)20)21-15(23)22-6-2-1-3-13(22)14-24-7-8-25-14/h4-5,9,13-14H,1-3,6-8H2,(H,21,23). The minimum Gasteiger partial charge on any atom is -0.348 e. The fourth-order valence-corrected chi connectivity index (χ4v) is 3.11. The Hall–Kier alpha value is -1.87. The summed E-state index contributed by atoms with van der Waals surface area (Å²) < 4.78 is 62.6. The van der Waals surface area contributed by atoms with E-state index in [2.05, 4.69) is 5.32 Å². The van der Waals surface area contributed by atoms with Crippen LogP contribution in [-0.2, 0) is 15.7 Å². The number of benzene rings is 1. The van der Waals surface area contributed by atoms with Crippen LogP contribution in [0.2, 0.25) is 0 Å². The Bertz CT molecular complexity index is 632. The lowest BCUT2D eigenvalue weighted by Crippen LogP contribution is -2.51. The van der Waals surface area contributed by atoms with Crippen molar-refractivity contribution in [3.05, 3.63) is 29.6 Å². The van der Waals surface area contributed by atoms with Crippen LogP contribution in [0, 0.1) is 5.82 Å². The molecule has 2 aliphatic heterocycles. The summed E-state index contributed by atoms with van der Waals surface area (Å²) in [6.07, 6.45) is -2.97. The van der Waals surface area contributed by atoms with Gasteiger partial charge in [0.1, 0.15) is 5.82 Å². The van der Waals surface area contributed by atoms with Crippen molar-refractivity contribution in [3.63, 3.8) is 0 Å². The van der Waals surface area contributed by atoms with Gasteiger partial charge >= 0.3 is 12.2 Å². The molecule has 1 unspecified atom stereocenters. The van der Waals surface area contributed by atoms with Crippen molar-refractivity contribution >= 4 is 11.7 Å². The van der Waals surface area contributed by atoms with Crippen molar-refractivity contribution in [2.45, 2.75) is 37.8 Å². The van der Waals surface area contributed by atoms with E-state index in [0.717, 1.165) is 18.9 Å². The molecule has 0 spiro atoms. The van der Waals surface area contributed by atoms with Crippen LogP contribution in [0.3, 0.4) is 0 Å². The molecule has 9 heteroatoms. The number of carbonyl (C=O) groups excluding carboxylic acids is 1. The number of alkyl halides is 3. The number of nitrogens with one attached hydrogen (secondary N) is 1. The molecule has 0 bridgehead atoms. The largest absolute Gasteiger partial charge is 0.419 e. The van der Waals surface area contributed by atoms with E-state index in [1.807, 2.05) is 0 Å². The topological polar surface area (TPSA) is 50.8 Å². The number of likely N-dealkylation sites (tertiary alicyclic amines) is 1. The second kappa shape index (κ2) is 7.17. The quantitative estimate of drug-likeness (QED) is 0.818.